The molecule has 3 aromatic carbocycles. The van der Waals surface area contributed by atoms with Crippen molar-refractivity contribution in [2.24, 2.45) is 0 Å². The van der Waals surface area contributed by atoms with Crippen LogP contribution in [0.25, 0.3) is 28.0 Å². The van der Waals surface area contributed by atoms with Gasteiger partial charge in [-0.05, 0) is 50.2 Å². The number of fused-ring (bicyclic) bond motifs is 1. The van der Waals surface area contributed by atoms with Crippen LogP contribution in [-0.4, -0.2) is 26.9 Å². The van der Waals surface area contributed by atoms with Crippen LogP contribution in [0.15, 0.2) is 87.2 Å². The number of hydrogen-bond acceptors (Lipinski definition) is 7. The van der Waals surface area contributed by atoms with E-state index in [0.717, 1.165) is 11.1 Å². The highest BCUT2D eigenvalue weighted by Gasteiger charge is 2.22. The quantitative estimate of drug-likeness (QED) is 0.236. The predicted molar refractivity (Wildman–Crippen MR) is 133 cm³/mol. The van der Waals surface area contributed by atoms with E-state index in [1.165, 1.54) is 11.8 Å². The van der Waals surface area contributed by atoms with E-state index in [4.69, 9.17) is 14.1 Å². The lowest BCUT2D eigenvalue weighted by Gasteiger charge is -2.17. The van der Waals surface area contributed by atoms with Crippen LogP contribution >= 0.6 is 11.8 Å². The Morgan fingerprint density at radius 3 is 2.50 bits per heavy atom. The fraction of sp³-hybridized carbons (Fsp3) is 0.154. The van der Waals surface area contributed by atoms with Gasteiger partial charge in [0, 0.05) is 5.56 Å². The summed E-state index contributed by atoms with van der Waals surface area (Å²) in [6, 6.07) is 22.6. The van der Waals surface area contributed by atoms with Gasteiger partial charge in [0.05, 0.1) is 29.0 Å². The lowest BCUT2D eigenvalue weighted by atomic mass is 10.1. The second kappa shape index (κ2) is 9.15. The Hall–Kier alpha value is -3.91. The predicted octanol–water partition coefficient (Wildman–Crippen LogP) is 5.61. The molecule has 5 aromatic rings. The first-order valence-corrected chi connectivity index (χ1v) is 11.7. The molecule has 0 amide bonds. The van der Waals surface area contributed by atoms with Crippen LogP contribution in [0, 0.1) is 6.92 Å². The van der Waals surface area contributed by atoms with Crippen LogP contribution in [0.1, 0.15) is 23.6 Å². The third-order valence-electron chi connectivity index (χ3n) is 5.44. The topological polar surface area (TPSA) is 83.0 Å². The standard InChI is InChI=1S/C26H22N4O3S/c1-16-12-14-18(15-13-16)24-29-28-23(33-24)17(2)34-26-27-20-9-5-4-8-19(20)25(31)30(26)21-10-6-7-11-22(21)32-3/h4-15,17H,1-3H3. The first kappa shape index (κ1) is 21.9. The zero-order valence-electron chi connectivity index (χ0n) is 18.9. The Balaban J connectivity index is 1.57. The first-order valence-electron chi connectivity index (χ1n) is 10.8. The average Bonchev–Trinajstić information content (AvgIpc) is 3.35. The van der Waals surface area contributed by atoms with Gasteiger partial charge < -0.3 is 9.15 Å². The van der Waals surface area contributed by atoms with Crippen molar-refractivity contribution in [1.82, 2.24) is 19.7 Å². The lowest BCUT2D eigenvalue weighted by Crippen LogP contribution is -2.22. The highest BCUT2D eigenvalue weighted by atomic mass is 32.2. The maximum Gasteiger partial charge on any atom is 0.266 e. The second-order valence-electron chi connectivity index (χ2n) is 7.80. The van der Waals surface area contributed by atoms with E-state index in [0.29, 0.717) is 39.3 Å². The number of nitrogens with zero attached hydrogens (tertiary/aromatic N) is 4. The van der Waals surface area contributed by atoms with Gasteiger partial charge >= 0.3 is 0 Å². The number of hydrogen-bond donors (Lipinski definition) is 0. The Morgan fingerprint density at radius 2 is 1.71 bits per heavy atom. The Bertz CT molecular complexity index is 1530. The van der Waals surface area contributed by atoms with Gasteiger partial charge in [-0.1, -0.05) is 53.7 Å². The molecule has 0 aliphatic rings. The van der Waals surface area contributed by atoms with Gasteiger partial charge in [0.1, 0.15) is 5.75 Å². The summed E-state index contributed by atoms with van der Waals surface area (Å²) in [6.07, 6.45) is 0. The zero-order chi connectivity index (χ0) is 23.7. The van der Waals surface area contributed by atoms with Crippen molar-refractivity contribution in [3.05, 3.63) is 94.6 Å². The molecule has 0 radical (unpaired) electrons. The van der Waals surface area contributed by atoms with E-state index < -0.39 is 0 Å². The minimum atomic E-state index is -0.249. The van der Waals surface area contributed by atoms with Gasteiger partial charge in [-0.15, -0.1) is 10.2 Å². The number of methoxy groups -OCH3 is 1. The van der Waals surface area contributed by atoms with Crippen LogP contribution in [0.4, 0.5) is 0 Å². The molecule has 34 heavy (non-hydrogen) atoms. The molecule has 0 aliphatic heterocycles. The third kappa shape index (κ3) is 4.08. The van der Waals surface area contributed by atoms with Crippen LogP contribution in [0.2, 0.25) is 0 Å². The van der Waals surface area contributed by atoms with Gasteiger partial charge in [-0.25, -0.2) is 4.98 Å². The summed E-state index contributed by atoms with van der Waals surface area (Å²) in [6.45, 7) is 3.98. The van der Waals surface area contributed by atoms with Gasteiger partial charge in [-0.2, -0.15) is 0 Å². The number of benzene rings is 3. The summed E-state index contributed by atoms with van der Waals surface area (Å²) >= 11 is 1.38. The van der Waals surface area contributed by atoms with E-state index in [1.807, 2.05) is 80.6 Å². The van der Waals surface area contributed by atoms with E-state index >= 15 is 0 Å². The van der Waals surface area contributed by atoms with Crippen molar-refractivity contribution in [3.63, 3.8) is 0 Å². The maximum absolute atomic E-state index is 13.6. The first-order chi connectivity index (χ1) is 16.5. The molecular weight excluding hydrogens is 448 g/mol. The molecule has 0 saturated heterocycles. The zero-order valence-corrected chi connectivity index (χ0v) is 19.7. The van der Waals surface area contributed by atoms with Crippen LogP contribution < -0.4 is 10.3 Å². The van der Waals surface area contributed by atoms with E-state index in [-0.39, 0.29) is 10.8 Å². The highest BCUT2D eigenvalue weighted by Crippen LogP contribution is 2.36. The molecule has 0 N–H and O–H groups in total. The Morgan fingerprint density at radius 1 is 0.971 bits per heavy atom. The van der Waals surface area contributed by atoms with Crippen molar-refractivity contribution in [1.29, 1.82) is 0 Å². The van der Waals surface area contributed by atoms with Crippen molar-refractivity contribution in [2.75, 3.05) is 7.11 Å². The summed E-state index contributed by atoms with van der Waals surface area (Å²) < 4.78 is 13.1. The van der Waals surface area contributed by atoms with Crippen molar-refractivity contribution < 1.29 is 9.15 Å². The maximum atomic E-state index is 13.6. The Labute approximate surface area is 200 Å². The molecule has 5 rings (SSSR count). The minimum absolute atomic E-state index is 0.171. The summed E-state index contributed by atoms with van der Waals surface area (Å²) in [7, 11) is 1.58. The van der Waals surface area contributed by atoms with Gasteiger partial charge in [0.15, 0.2) is 5.16 Å². The number of aromatic nitrogens is 4. The van der Waals surface area contributed by atoms with Crippen LogP contribution in [0.5, 0.6) is 5.75 Å². The van der Waals surface area contributed by atoms with Crippen LogP contribution in [-0.2, 0) is 0 Å². The van der Waals surface area contributed by atoms with Gasteiger partial charge in [0.25, 0.3) is 5.56 Å². The largest absolute Gasteiger partial charge is 0.495 e. The number of aryl methyl sites for hydroxylation is 1. The Kier molecular flexibility index (Phi) is 5.90. The molecule has 7 nitrogen and oxygen atoms in total. The molecule has 0 saturated carbocycles. The molecule has 0 spiro atoms. The fourth-order valence-corrected chi connectivity index (χ4v) is 4.59. The summed E-state index contributed by atoms with van der Waals surface area (Å²) in [5.74, 6) is 1.49. The lowest BCUT2D eigenvalue weighted by molar-refractivity contribution is 0.411. The minimum Gasteiger partial charge on any atom is -0.495 e. The van der Waals surface area contributed by atoms with E-state index in [2.05, 4.69) is 10.2 Å². The number of ether oxygens (including phenoxy) is 1. The smallest absolute Gasteiger partial charge is 0.266 e. The fourth-order valence-electron chi connectivity index (χ4n) is 3.64. The van der Waals surface area contributed by atoms with Crippen molar-refractivity contribution >= 4 is 22.7 Å². The number of thioether (sulfide) groups is 1. The highest BCUT2D eigenvalue weighted by molar-refractivity contribution is 7.99. The molecule has 170 valence electrons. The van der Waals surface area contributed by atoms with Crippen LogP contribution in [0.3, 0.4) is 0 Å². The normalized spacial score (nSPS) is 12.1. The molecule has 8 heteroatoms. The SMILES string of the molecule is COc1ccccc1-n1c(SC(C)c2nnc(-c3ccc(C)cc3)o2)nc2ccccc2c1=O. The van der Waals surface area contributed by atoms with Crippen molar-refractivity contribution in [2.45, 2.75) is 24.3 Å². The second-order valence-corrected chi connectivity index (χ2v) is 9.10. The van der Waals surface area contributed by atoms with Gasteiger partial charge in [-0.3, -0.25) is 9.36 Å². The molecule has 0 aliphatic carbocycles. The number of rotatable bonds is 6. The number of para-hydroxylation sites is 3. The summed E-state index contributed by atoms with van der Waals surface area (Å²) in [5.41, 5.74) is 3.09. The monoisotopic (exact) mass is 470 g/mol. The molecule has 1 unspecified atom stereocenters. The molecule has 2 aromatic heterocycles. The molecule has 2 heterocycles. The molecule has 1 atom stereocenters. The van der Waals surface area contributed by atoms with Crippen molar-refractivity contribution in [3.8, 4) is 22.9 Å². The average molecular weight is 471 g/mol. The molecule has 0 fully saturated rings. The summed E-state index contributed by atoms with van der Waals surface area (Å²) in [5, 5.41) is 9.26. The van der Waals surface area contributed by atoms with E-state index in [1.54, 1.807) is 17.7 Å². The van der Waals surface area contributed by atoms with Gasteiger partial charge in [0.2, 0.25) is 11.8 Å². The molecule has 0 bridgehead atoms. The van der Waals surface area contributed by atoms with E-state index in [9.17, 15) is 4.79 Å². The third-order valence-corrected chi connectivity index (χ3v) is 6.48. The molecular formula is C26H22N4O3S. The summed E-state index contributed by atoms with van der Waals surface area (Å²) in [4.78, 5) is 18.4.